The smallest absolute Gasteiger partial charge is 0.244 e. The fraction of sp³-hybridized carbons (Fsp3) is 0.455. The van der Waals surface area contributed by atoms with Crippen LogP contribution in [0.4, 0.5) is 0 Å². The van der Waals surface area contributed by atoms with Crippen LogP contribution in [-0.4, -0.2) is 39.9 Å². The molecule has 1 atom stereocenters. The molecule has 3 N–H and O–H groups in total. The summed E-state index contributed by atoms with van der Waals surface area (Å²) in [5.41, 5.74) is -0.558. The summed E-state index contributed by atoms with van der Waals surface area (Å²) < 4.78 is 0. The highest BCUT2D eigenvalue weighted by Crippen LogP contribution is 2.09. The molecule has 5 nitrogen and oxygen atoms in total. The Hall–Kier alpha value is -1.24. The highest BCUT2D eigenvalue weighted by molar-refractivity contribution is 7.09. The maximum Gasteiger partial charge on any atom is 0.244 e. The van der Waals surface area contributed by atoms with E-state index in [0.29, 0.717) is 0 Å². The second kappa shape index (κ2) is 5.90. The minimum atomic E-state index is -1.29. The molecule has 1 aromatic rings. The molecule has 0 aliphatic carbocycles. The van der Waals surface area contributed by atoms with Gasteiger partial charge in [-0.05, 0) is 19.9 Å². The average molecular weight is 256 g/mol. The number of rotatable bonds is 5. The molecule has 0 aliphatic rings. The van der Waals surface area contributed by atoms with E-state index >= 15 is 0 Å². The van der Waals surface area contributed by atoms with Gasteiger partial charge in [0, 0.05) is 18.0 Å². The highest BCUT2D eigenvalue weighted by atomic mass is 32.1. The van der Waals surface area contributed by atoms with Crippen LogP contribution in [-0.2, 0) is 4.79 Å². The summed E-state index contributed by atoms with van der Waals surface area (Å²) in [5, 5.41) is 23.5. The summed E-state index contributed by atoms with van der Waals surface area (Å²) in [6.07, 6.45) is 2.95. The molecule has 17 heavy (non-hydrogen) atoms. The maximum absolute atomic E-state index is 11.4. The van der Waals surface area contributed by atoms with Gasteiger partial charge in [0.15, 0.2) is 0 Å². The number of thiazole rings is 1. The third-order valence-corrected chi connectivity index (χ3v) is 2.82. The lowest BCUT2D eigenvalue weighted by Gasteiger charge is -2.19. The number of nitrogens with zero attached hydrogens (tertiary/aromatic N) is 1. The van der Waals surface area contributed by atoms with E-state index < -0.39 is 12.2 Å². The minimum absolute atomic E-state index is 0.00274. The number of carbonyl (C=O) groups excluding carboxylic acids is 1. The van der Waals surface area contributed by atoms with Crippen LogP contribution in [0.15, 0.2) is 11.5 Å². The summed E-state index contributed by atoms with van der Waals surface area (Å²) in [6, 6.07) is 0. The van der Waals surface area contributed by atoms with Gasteiger partial charge in [0.05, 0.1) is 17.3 Å². The van der Waals surface area contributed by atoms with Crippen LogP contribution < -0.4 is 5.32 Å². The molecular formula is C11H16N2O3S. The molecule has 6 heteroatoms. The zero-order chi connectivity index (χ0) is 12.9. The average Bonchev–Trinajstić information content (AvgIpc) is 2.70. The first-order valence-corrected chi connectivity index (χ1v) is 6.02. The number of nitrogens with one attached hydrogen (secondary N) is 1. The molecule has 0 aromatic carbocycles. The summed E-state index contributed by atoms with van der Waals surface area (Å²) >= 11 is 1.51. The van der Waals surface area contributed by atoms with Gasteiger partial charge in [-0.2, -0.15) is 0 Å². The lowest BCUT2D eigenvalue weighted by Crippen LogP contribution is -2.42. The minimum Gasteiger partial charge on any atom is -0.393 e. The molecule has 94 valence electrons. The maximum atomic E-state index is 11.4. The monoisotopic (exact) mass is 256 g/mol. The van der Waals surface area contributed by atoms with Crippen LogP contribution in [0.25, 0.3) is 6.08 Å². The molecule has 0 spiro atoms. The largest absolute Gasteiger partial charge is 0.393 e. The number of aryl methyl sites for hydroxylation is 1. The highest BCUT2D eigenvalue weighted by Gasteiger charge is 2.18. The Morgan fingerprint density at radius 3 is 2.94 bits per heavy atom. The molecule has 0 saturated heterocycles. The Morgan fingerprint density at radius 2 is 2.41 bits per heavy atom. The number of aromatic nitrogens is 1. The third kappa shape index (κ3) is 5.08. The molecule has 1 amide bonds. The first-order chi connectivity index (χ1) is 7.93. The molecule has 0 bridgehead atoms. The third-order valence-electron chi connectivity index (χ3n) is 2.03. The second-order valence-electron chi connectivity index (χ2n) is 4.00. The number of hydrogen-bond acceptors (Lipinski definition) is 5. The van der Waals surface area contributed by atoms with Crippen molar-refractivity contribution in [3.05, 3.63) is 22.2 Å². The van der Waals surface area contributed by atoms with E-state index in [1.54, 1.807) is 6.08 Å². The molecule has 1 aromatic heterocycles. The van der Waals surface area contributed by atoms with Gasteiger partial charge in [-0.25, -0.2) is 4.98 Å². The lowest BCUT2D eigenvalue weighted by molar-refractivity contribution is -0.117. The van der Waals surface area contributed by atoms with Gasteiger partial charge in [0.1, 0.15) is 5.60 Å². The van der Waals surface area contributed by atoms with Gasteiger partial charge in [0.25, 0.3) is 0 Å². The quantitative estimate of drug-likeness (QED) is 0.663. The fourth-order valence-corrected chi connectivity index (χ4v) is 1.59. The topological polar surface area (TPSA) is 82.5 Å². The van der Waals surface area contributed by atoms with E-state index in [9.17, 15) is 9.90 Å². The number of carbonyl (C=O) groups is 1. The van der Waals surface area contributed by atoms with Crippen molar-refractivity contribution in [3.63, 3.8) is 0 Å². The zero-order valence-corrected chi connectivity index (χ0v) is 10.6. The molecule has 1 rings (SSSR count). The number of amides is 1. The van der Waals surface area contributed by atoms with Crippen LogP contribution in [0, 0.1) is 6.92 Å². The standard InChI is InChI=1S/C11H16N2O3S/c1-8-13-9(5-17-8)3-4-10(15)12-6-11(2,16)7-14/h3-5,14,16H,6-7H2,1-2H3,(H,12,15). The van der Waals surface area contributed by atoms with Gasteiger partial charge in [-0.15, -0.1) is 11.3 Å². The molecular weight excluding hydrogens is 240 g/mol. The normalized spacial score (nSPS) is 14.8. The van der Waals surface area contributed by atoms with E-state index in [1.165, 1.54) is 24.3 Å². The molecule has 0 saturated carbocycles. The van der Waals surface area contributed by atoms with Crippen LogP contribution in [0.2, 0.25) is 0 Å². The SMILES string of the molecule is Cc1nc(C=CC(=O)NCC(C)(O)CO)cs1. The van der Waals surface area contributed by atoms with Crippen molar-refractivity contribution in [3.8, 4) is 0 Å². The summed E-state index contributed by atoms with van der Waals surface area (Å²) in [4.78, 5) is 15.5. The van der Waals surface area contributed by atoms with E-state index in [-0.39, 0.29) is 12.5 Å². The second-order valence-corrected chi connectivity index (χ2v) is 5.06. The van der Waals surface area contributed by atoms with E-state index in [2.05, 4.69) is 10.3 Å². The van der Waals surface area contributed by atoms with Crippen molar-refractivity contribution in [1.29, 1.82) is 0 Å². The van der Waals surface area contributed by atoms with Gasteiger partial charge < -0.3 is 15.5 Å². The molecule has 1 heterocycles. The van der Waals surface area contributed by atoms with E-state index in [4.69, 9.17) is 5.11 Å². The van der Waals surface area contributed by atoms with Crippen molar-refractivity contribution >= 4 is 23.3 Å². The summed E-state index contributed by atoms with van der Waals surface area (Å²) in [7, 11) is 0. The number of aliphatic hydroxyl groups is 2. The zero-order valence-electron chi connectivity index (χ0n) is 9.80. The Bertz CT molecular complexity index is 413. The molecule has 0 radical (unpaired) electrons. The van der Waals surface area contributed by atoms with Crippen molar-refractivity contribution < 1.29 is 15.0 Å². The van der Waals surface area contributed by atoms with E-state index in [1.807, 2.05) is 12.3 Å². The fourth-order valence-electron chi connectivity index (χ4n) is 1.01. The predicted molar refractivity (Wildman–Crippen MR) is 66.6 cm³/mol. The van der Waals surface area contributed by atoms with Crippen LogP contribution >= 0.6 is 11.3 Å². The first kappa shape index (κ1) is 13.8. The van der Waals surface area contributed by atoms with Crippen LogP contribution in [0.5, 0.6) is 0 Å². The van der Waals surface area contributed by atoms with Crippen molar-refractivity contribution in [1.82, 2.24) is 10.3 Å². The lowest BCUT2D eigenvalue weighted by atomic mass is 10.1. The molecule has 0 aliphatic heterocycles. The van der Waals surface area contributed by atoms with Gasteiger partial charge in [0.2, 0.25) is 5.91 Å². The van der Waals surface area contributed by atoms with Gasteiger partial charge in [-0.3, -0.25) is 4.79 Å². The van der Waals surface area contributed by atoms with Crippen molar-refractivity contribution in [2.45, 2.75) is 19.4 Å². The Labute approximate surface area is 104 Å². The van der Waals surface area contributed by atoms with Crippen molar-refractivity contribution in [2.24, 2.45) is 0 Å². The Kier molecular flexibility index (Phi) is 4.80. The van der Waals surface area contributed by atoms with Crippen LogP contribution in [0.1, 0.15) is 17.6 Å². The first-order valence-electron chi connectivity index (χ1n) is 5.14. The Morgan fingerprint density at radius 1 is 1.71 bits per heavy atom. The number of hydrogen-bond donors (Lipinski definition) is 3. The van der Waals surface area contributed by atoms with Crippen molar-refractivity contribution in [2.75, 3.05) is 13.2 Å². The Balaban J connectivity index is 2.42. The molecule has 0 fully saturated rings. The summed E-state index contributed by atoms with van der Waals surface area (Å²) in [5.74, 6) is -0.329. The summed E-state index contributed by atoms with van der Waals surface area (Å²) in [6.45, 7) is 2.94. The number of aliphatic hydroxyl groups excluding tert-OH is 1. The van der Waals surface area contributed by atoms with Gasteiger partial charge in [-0.1, -0.05) is 0 Å². The molecule has 1 unspecified atom stereocenters. The van der Waals surface area contributed by atoms with Crippen LogP contribution in [0.3, 0.4) is 0 Å². The van der Waals surface area contributed by atoms with Gasteiger partial charge >= 0.3 is 0 Å². The predicted octanol–water partition coefficient (Wildman–Crippen LogP) is 0.324. The van der Waals surface area contributed by atoms with E-state index in [0.717, 1.165) is 10.7 Å².